The number of unbranched alkanes of at least 4 members (excludes halogenated alkanes) is 1. The predicted octanol–water partition coefficient (Wildman–Crippen LogP) is 5.24. The Morgan fingerprint density at radius 3 is 2.31 bits per heavy atom. The summed E-state index contributed by atoms with van der Waals surface area (Å²) in [5.41, 5.74) is 9.02. The third kappa shape index (κ3) is 11.8. The first-order chi connectivity index (χ1) is 37.7. The van der Waals surface area contributed by atoms with Crippen LogP contribution in [0.4, 0.5) is 11.4 Å². The molecule has 0 aliphatic carbocycles. The molecule has 18 nitrogen and oxygen atoms in total. The lowest BCUT2D eigenvalue weighted by molar-refractivity contribution is -0.136. The number of benzene rings is 3. The molecule has 3 aromatic carbocycles. The highest BCUT2D eigenvalue weighted by atomic mass is 16.5. The summed E-state index contributed by atoms with van der Waals surface area (Å²) in [6.45, 7) is 20.2. The van der Waals surface area contributed by atoms with Crippen LogP contribution >= 0.6 is 0 Å². The smallest absolute Gasteiger partial charge is 0.264 e. The molecule has 1 aromatic heterocycles. The van der Waals surface area contributed by atoms with E-state index in [1.54, 1.807) is 18.2 Å². The van der Waals surface area contributed by atoms with Crippen LogP contribution in [0.2, 0.25) is 0 Å². The number of likely N-dealkylation sites (tertiary alicyclic amines) is 2. The average molecular weight is 1070 g/mol. The summed E-state index contributed by atoms with van der Waals surface area (Å²) >= 11 is 0. The molecule has 2 atom stereocenters. The molecule has 0 saturated carbocycles. The van der Waals surface area contributed by atoms with Crippen molar-refractivity contribution in [3.63, 3.8) is 0 Å². The van der Waals surface area contributed by atoms with Crippen LogP contribution in [0.1, 0.15) is 117 Å². The molecule has 0 bridgehead atoms. The van der Waals surface area contributed by atoms with E-state index in [4.69, 9.17) is 4.74 Å². The molecule has 5 saturated heterocycles. The molecule has 5 fully saturated rings. The van der Waals surface area contributed by atoms with Gasteiger partial charge < -0.3 is 35.1 Å². The fraction of sp³-hybridized carbons (Fsp3) is 0.517. The summed E-state index contributed by atoms with van der Waals surface area (Å²) < 4.78 is 5.72. The number of hydrogen-bond donors (Lipinski definition) is 4. The van der Waals surface area contributed by atoms with Crippen molar-refractivity contribution in [2.24, 2.45) is 5.41 Å². The number of hydrogen-bond acceptors (Lipinski definition) is 13. The summed E-state index contributed by atoms with van der Waals surface area (Å²) in [5, 5.41) is 8.68. The molecule has 414 valence electrons. The van der Waals surface area contributed by atoms with Crippen molar-refractivity contribution in [2.75, 3.05) is 102 Å². The number of rotatable bonds is 18. The Hall–Kier alpha value is -6.73. The second-order valence-corrected chi connectivity index (χ2v) is 22.6. The van der Waals surface area contributed by atoms with E-state index in [0.29, 0.717) is 49.2 Å². The van der Waals surface area contributed by atoms with Gasteiger partial charge in [0, 0.05) is 131 Å². The molecule has 6 aliphatic heterocycles. The minimum atomic E-state index is -0.997. The Morgan fingerprint density at radius 2 is 1.56 bits per heavy atom. The van der Waals surface area contributed by atoms with Crippen LogP contribution in [0.25, 0.3) is 11.1 Å². The number of nitrogens with zero attached hydrogens (tertiary/aromatic N) is 6. The number of pyridine rings is 1. The molecule has 18 heteroatoms. The quantitative estimate of drug-likeness (QED) is 0.0747. The zero-order valence-corrected chi connectivity index (χ0v) is 45.8. The number of H-pyrrole nitrogens is 1. The third-order valence-electron chi connectivity index (χ3n) is 17.3. The van der Waals surface area contributed by atoms with Gasteiger partial charge in [0.15, 0.2) is 0 Å². The lowest BCUT2D eigenvalue weighted by atomic mass is 9.86. The Morgan fingerprint density at radius 1 is 0.808 bits per heavy atom. The van der Waals surface area contributed by atoms with Crippen molar-refractivity contribution in [3.05, 3.63) is 116 Å². The van der Waals surface area contributed by atoms with Crippen molar-refractivity contribution in [1.29, 1.82) is 0 Å². The van der Waals surface area contributed by atoms with Crippen molar-refractivity contribution in [2.45, 2.75) is 104 Å². The van der Waals surface area contributed by atoms with E-state index in [9.17, 15) is 33.6 Å². The van der Waals surface area contributed by atoms with Gasteiger partial charge in [-0.3, -0.25) is 53.6 Å². The highest BCUT2D eigenvalue weighted by Gasteiger charge is 2.47. The van der Waals surface area contributed by atoms with E-state index in [1.807, 2.05) is 32.9 Å². The maximum atomic E-state index is 14.1. The number of aryl methyl sites for hydroxylation is 2. The van der Waals surface area contributed by atoms with Crippen LogP contribution < -0.4 is 26.4 Å². The maximum Gasteiger partial charge on any atom is 0.264 e. The highest BCUT2D eigenvalue weighted by Crippen LogP contribution is 2.40. The second kappa shape index (κ2) is 23.7. The number of anilines is 2. The molecule has 4 N–H and O–H groups in total. The van der Waals surface area contributed by atoms with Gasteiger partial charge in [0.25, 0.3) is 23.3 Å². The largest absolute Gasteiger partial charge is 0.384 e. The average Bonchev–Trinajstić information content (AvgIpc) is 4.15. The van der Waals surface area contributed by atoms with E-state index in [2.05, 4.69) is 82.7 Å². The molecule has 4 aromatic rings. The summed E-state index contributed by atoms with van der Waals surface area (Å²) in [5.74, 6) is -2.03. The summed E-state index contributed by atoms with van der Waals surface area (Å²) in [4.78, 5) is 107. The van der Waals surface area contributed by atoms with Crippen LogP contribution in [-0.4, -0.2) is 169 Å². The SMILES string of the molecule is CCN(c1cc(-c2ccc(CN3CCN(CC(=O)N4CCC5(CCN(CCCCNc6cccc7c6C(=O)N(C6CCC(=O)NC6=O)C7=O)C5)C4)CC3)cc2)cc(C(=O)NCc2c(C)cc(C)[nH]c2=O)c1C)C1CCOCC1. The Labute approximate surface area is 457 Å². The van der Waals surface area contributed by atoms with E-state index in [0.717, 1.165) is 149 Å². The van der Waals surface area contributed by atoms with E-state index in [1.165, 1.54) is 5.56 Å². The molecule has 10 rings (SSSR count). The van der Waals surface area contributed by atoms with Gasteiger partial charge in [0.05, 0.1) is 17.7 Å². The van der Waals surface area contributed by atoms with Crippen molar-refractivity contribution >= 4 is 46.8 Å². The molecule has 6 amide bonds. The first kappa shape index (κ1) is 54.6. The van der Waals surface area contributed by atoms with Crippen LogP contribution in [0.15, 0.2) is 65.5 Å². The number of aromatic nitrogens is 1. The van der Waals surface area contributed by atoms with E-state index in [-0.39, 0.29) is 53.3 Å². The van der Waals surface area contributed by atoms with Crippen molar-refractivity contribution < 1.29 is 33.5 Å². The van der Waals surface area contributed by atoms with Crippen LogP contribution in [0, 0.1) is 26.2 Å². The Kier molecular flexibility index (Phi) is 16.6. The molecular weight excluding hydrogens is 989 g/mol. The first-order valence-corrected chi connectivity index (χ1v) is 28.3. The molecule has 0 radical (unpaired) electrons. The van der Waals surface area contributed by atoms with Gasteiger partial charge in [-0.25, -0.2) is 0 Å². The fourth-order valence-corrected chi connectivity index (χ4v) is 12.9. The van der Waals surface area contributed by atoms with Gasteiger partial charge in [0.2, 0.25) is 17.7 Å². The van der Waals surface area contributed by atoms with Crippen LogP contribution in [-0.2, 0) is 32.2 Å². The van der Waals surface area contributed by atoms with Crippen LogP contribution in [0.3, 0.4) is 0 Å². The van der Waals surface area contributed by atoms with Crippen molar-refractivity contribution in [1.82, 2.24) is 40.1 Å². The molecular formula is C60H76N10O8. The molecule has 78 heavy (non-hydrogen) atoms. The molecule has 2 unspecified atom stereocenters. The summed E-state index contributed by atoms with van der Waals surface area (Å²) in [6.07, 6.45) is 5.98. The number of carbonyl (C=O) groups is 6. The number of nitrogens with one attached hydrogen (secondary N) is 4. The number of amides is 6. The number of piperidine rings is 1. The third-order valence-corrected chi connectivity index (χ3v) is 17.3. The standard InChI is InChI=1S/C60H76N10O8/c1-5-69(45-17-29-78-30-18-45)51-33-44(32-47(41(51)4)55(73)62-34-48-39(2)31-40(3)63-56(48)74)43-13-11-42(12-14-43)35-65-25-27-66(28-26-65)36-53(72)68-24-20-60(38-68)19-23-67(37-60)22-7-6-21-61-49-10-8-9-46-54(49)59(77)70(58(46)76)50-15-16-52(71)64-57(50)75/h8-14,31-33,45,50,61H,5-7,15-30,34-38H2,1-4H3,(H,62,73)(H,63,74)(H,64,71,75). The summed E-state index contributed by atoms with van der Waals surface area (Å²) in [7, 11) is 0. The number of carbonyl (C=O) groups excluding carboxylic acids is 6. The van der Waals surface area contributed by atoms with Gasteiger partial charge in [-0.15, -0.1) is 0 Å². The molecule has 7 heterocycles. The van der Waals surface area contributed by atoms with Gasteiger partial charge >= 0.3 is 0 Å². The first-order valence-electron chi connectivity index (χ1n) is 28.3. The maximum absolute atomic E-state index is 14.1. The number of imide groups is 2. The van der Waals surface area contributed by atoms with Crippen molar-refractivity contribution in [3.8, 4) is 11.1 Å². The van der Waals surface area contributed by atoms with Gasteiger partial charge in [-0.1, -0.05) is 30.3 Å². The summed E-state index contributed by atoms with van der Waals surface area (Å²) in [6, 6.07) is 19.3. The minimum Gasteiger partial charge on any atom is -0.384 e. The molecule has 6 aliphatic rings. The van der Waals surface area contributed by atoms with Gasteiger partial charge in [-0.05, 0) is 144 Å². The predicted molar refractivity (Wildman–Crippen MR) is 298 cm³/mol. The zero-order valence-electron chi connectivity index (χ0n) is 45.8. The second-order valence-electron chi connectivity index (χ2n) is 22.6. The Bertz CT molecular complexity index is 3000. The number of piperazine rings is 1. The van der Waals surface area contributed by atoms with Gasteiger partial charge in [0.1, 0.15) is 6.04 Å². The topological polar surface area (TPSA) is 200 Å². The normalized spacial score (nSPS) is 21.4. The van der Waals surface area contributed by atoms with Gasteiger partial charge in [-0.2, -0.15) is 0 Å². The zero-order chi connectivity index (χ0) is 54.7. The highest BCUT2D eigenvalue weighted by molar-refractivity contribution is 6.25. The van der Waals surface area contributed by atoms with E-state index < -0.39 is 29.7 Å². The lowest BCUT2D eigenvalue weighted by Crippen LogP contribution is -2.54. The Balaban J connectivity index is 0.674. The van der Waals surface area contributed by atoms with E-state index >= 15 is 0 Å². The monoisotopic (exact) mass is 1060 g/mol. The minimum absolute atomic E-state index is 0.0781. The lowest BCUT2D eigenvalue weighted by Gasteiger charge is -2.37. The molecule has 1 spiro atoms. The number of aromatic amines is 1. The van der Waals surface area contributed by atoms with Crippen LogP contribution in [0.5, 0.6) is 0 Å². The fourth-order valence-electron chi connectivity index (χ4n) is 12.9. The number of ether oxygens (including phenoxy) is 1. The number of fused-ring (bicyclic) bond motifs is 1.